The average Bonchev–Trinajstić information content (AvgIpc) is 2.81. The highest BCUT2D eigenvalue weighted by Gasteiger charge is 2.19. The highest BCUT2D eigenvalue weighted by Crippen LogP contribution is 2.15. The number of morpholine rings is 1. The van der Waals surface area contributed by atoms with Crippen LogP contribution in [0, 0.1) is 5.82 Å². The molecule has 0 radical (unpaired) electrons. The van der Waals surface area contributed by atoms with E-state index in [2.05, 4.69) is 10.00 Å². The van der Waals surface area contributed by atoms with Gasteiger partial charge in [-0.2, -0.15) is 4.68 Å². The maximum atomic E-state index is 12.9. The minimum atomic E-state index is -0.520. The Morgan fingerprint density at radius 2 is 2.14 bits per heavy atom. The molecule has 0 amide bonds. The van der Waals surface area contributed by atoms with Crippen LogP contribution in [0.25, 0.3) is 11.5 Å². The molecule has 21 heavy (non-hydrogen) atoms. The van der Waals surface area contributed by atoms with Gasteiger partial charge in [0.15, 0.2) is 0 Å². The number of rotatable bonds is 3. The van der Waals surface area contributed by atoms with E-state index in [1.807, 2.05) is 6.92 Å². The number of aromatic nitrogens is 2. The van der Waals surface area contributed by atoms with E-state index in [9.17, 15) is 9.18 Å². The first-order valence-electron chi connectivity index (χ1n) is 6.79. The van der Waals surface area contributed by atoms with E-state index in [1.165, 1.54) is 28.9 Å². The van der Waals surface area contributed by atoms with Gasteiger partial charge >= 0.3 is 5.76 Å². The van der Waals surface area contributed by atoms with E-state index in [1.54, 1.807) is 0 Å². The Morgan fingerprint density at radius 1 is 1.38 bits per heavy atom. The normalized spacial score (nSPS) is 19.8. The lowest BCUT2D eigenvalue weighted by Gasteiger charge is -2.30. The minimum absolute atomic E-state index is 0.137. The molecule has 0 unspecified atom stereocenters. The van der Waals surface area contributed by atoms with Crippen LogP contribution in [0.5, 0.6) is 0 Å². The number of hydrogen-bond donors (Lipinski definition) is 0. The molecule has 2 heterocycles. The standard InChI is InChI=1S/C14H16FN3O3/c1-10-8-17(6-7-20-10)9-18-14(19)21-13(16-18)11-2-4-12(15)5-3-11/h2-5,10H,6-9H2,1H3/t10-/m0/s1. The fourth-order valence-electron chi connectivity index (χ4n) is 2.31. The van der Waals surface area contributed by atoms with Gasteiger partial charge in [0, 0.05) is 18.7 Å². The predicted molar refractivity (Wildman–Crippen MR) is 73.1 cm³/mol. The minimum Gasteiger partial charge on any atom is -0.388 e. The summed E-state index contributed by atoms with van der Waals surface area (Å²) < 4.78 is 24.7. The van der Waals surface area contributed by atoms with Crippen LogP contribution in [0.15, 0.2) is 33.5 Å². The van der Waals surface area contributed by atoms with Crippen molar-refractivity contribution in [3.63, 3.8) is 0 Å². The van der Waals surface area contributed by atoms with Crippen LogP contribution in [0.1, 0.15) is 6.92 Å². The van der Waals surface area contributed by atoms with E-state index in [0.29, 0.717) is 18.8 Å². The van der Waals surface area contributed by atoms with Crippen LogP contribution in [-0.4, -0.2) is 40.5 Å². The average molecular weight is 293 g/mol. The Kier molecular flexibility index (Phi) is 3.85. The highest BCUT2D eigenvalue weighted by atomic mass is 19.1. The van der Waals surface area contributed by atoms with Gasteiger partial charge in [0.25, 0.3) is 0 Å². The molecule has 1 atom stereocenters. The zero-order chi connectivity index (χ0) is 14.8. The fraction of sp³-hybridized carbons (Fsp3) is 0.429. The SMILES string of the molecule is C[C@H]1CN(Cn2nc(-c3ccc(F)cc3)oc2=O)CCO1. The number of halogens is 1. The molecule has 0 bridgehead atoms. The zero-order valence-corrected chi connectivity index (χ0v) is 11.7. The maximum Gasteiger partial charge on any atom is 0.438 e. The summed E-state index contributed by atoms with van der Waals surface area (Å²) in [5.41, 5.74) is 0.572. The summed E-state index contributed by atoms with van der Waals surface area (Å²) in [7, 11) is 0. The quantitative estimate of drug-likeness (QED) is 0.854. The molecule has 1 aromatic carbocycles. The van der Waals surface area contributed by atoms with Crippen molar-refractivity contribution in [2.75, 3.05) is 19.7 Å². The van der Waals surface area contributed by atoms with Gasteiger partial charge in [-0.05, 0) is 31.2 Å². The smallest absolute Gasteiger partial charge is 0.388 e. The van der Waals surface area contributed by atoms with Crippen LogP contribution in [0.3, 0.4) is 0 Å². The number of ether oxygens (including phenoxy) is 1. The second kappa shape index (κ2) is 5.79. The van der Waals surface area contributed by atoms with Gasteiger partial charge in [-0.3, -0.25) is 4.90 Å². The molecule has 3 rings (SSSR count). The molecule has 2 aromatic rings. The first kappa shape index (κ1) is 14.0. The third-order valence-electron chi connectivity index (χ3n) is 3.36. The Balaban J connectivity index is 1.78. The van der Waals surface area contributed by atoms with E-state index in [0.717, 1.165) is 13.1 Å². The Labute approximate surface area is 120 Å². The molecular weight excluding hydrogens is 277 g/mol. The molecule has 0 spiro atoms. The molecule has 6 nitrogen and oxygen atoms in total. The summed E-state index contributed by atoms with van der Waals surface area (Å²) in [6.45, 7) is 4.47. The van der Waals surface area contributed by atoms with Crippen molar-refractivity contribution < 1.29 is 13.5 Å². The van der Waals surface area contributed by atoms with Gasteiger partial charge < -0.3 is 9.15 Å². The van der Waals surface area contributed by atoms with Crippen molar-refractivity contribution in [1.82, 2.24) is 14.7 Å². The lowest BCUT2D eigenvalue weighted by atomic mass is 10.2. The fourth-order valence-corrected chi connectivity index (χ4v) is 2.31. The van der Waals surface area contributed by atoms with Crippen molar-refractivity contribution in [3.05, 3.63) is 40.6 Å². The van der Waals surface area contributed by atoms with E-state index in [-0.39, 0.29) is 17.8 Å². The van der Waals surface area contributed by atoms with Crippen LogP contribution in [-0.2, 0) is 11.4 Å². The summed E-state index contributed by atoms with van der Waals surface area (Å²) in [5.74, 6) is -0.669. The Morgan fingerprint density at radius 3 is 2.86 bits per heavy atom. The molecule has 1 aliphatic rings. The second-order valence-electron chi connectivity index (χ2n) is 5.08. The lowest BCUT2D eigenvalue weighted by molar-refractivity contribution is -0.0312. The van der Waals surface area contributed by atoms with E-state index >= 15 is 0 Å². The topological polar surface area (TPSA) is 60.5 Å². The highest BCUT2D eigenvalue weighted by molar-refractivity contribution is 5.51. The van der Waals surface area contributed by atoms with Gasteiger partial charge in [-0.25, -0.2) is 9.18 Å². The zero-order valence-electron chi connectivity index (χ0n) is 11.7. The summed E-state index contributed by atoms with van der Waals surface area (Å²) >= 11 is 0. The third kappa shape index (κ3) is 3.20. The van der Waals surface area contributed by atoms with Crippen LogP contribution >= 0.6 is 0 Å². The molecule has 1 aliphatic heterocycles. The van der Waals surface area contributed by atoms with E-state index in [4.69, 9.17) is 9.15 Å². The van der Waals surface area contributed by atoms with Crippen LogP contribution < -0.4 is 5.76 Å². The van der Waals surface area contributed by atoms with Crippen LogP contribution in [0.4, 0.5) is 4.39 Å². The van der Waals surface area contributed by atoms with Crippen molar-refractivity contribution in [2.24, 2.45) is 0 Å². The first-order valence-corrected chi connectivity index (χ1v) is 6.79. The second-order valence-corrected chi connectivity index (χ2v) is 5.08. The monoisotopic (exact) mass is 293 g/mol. The Hall–Kier alpha value is -1.99. The molecule has 0 N–H and O–H groups in total. The van der Waals surface area contributed by atoms with Gasteiger partial charge in [0.2, 0.25) is 5.89 Å². The molecule has 112 valence electrons. The maximum absolute atomic E-state index is 12.9. The number of benzene rings is 1. The number of hydrogen-bond acceptors (Lipinski definition) is 5. The molecular formula is C14H16FN3O3. The molecule has 1 aromatic heterocycles. The molecule has 7 heteroatoms. The van der Waals surface area contributed by atoms with Crippen molar-refractivity contribution >= 4 is 0 Å². The van der Waals surface area contributed by atoms with Gasteiger partial charge in [-0.1, -0.05) is 0 Å². The summed E-state index contributed by atoms with van der Waals surface area (Å²) in [6, 6.07) is 5.67. The summed E-state index contributed by atoms with van der Waals surface area (Å²) in [5, 5.41) is 4.16. The first-order chi connectivity index (χ1) is 10.1. The van der Waals surface area contributed by atoms with E-state index < -0.39 is 5.76 Å². The van der Waals surface area contributed by atoms with Crippen molar-refractivity contribution in [2.45, 2.75) is 19.7 Å². The van der Waals surface area contributed by atoms with Crippen molar-refractivity contribution in [1.29, 1.82) is 0 Å². The van der Waals surface area contributed by atoms with Gasteiger partial charge in [0.1, 0.15) is 12.5 Å². The number of nitrogens with zero attached hydrogens (tertiary/aromatic N) is 3. The third-order valence-corrected chi connectivity index (χ3v) is 3.36. The van der Waals surface area contributed by atoms with Gasteiger partial charge in [-0.15, -0.1) is 5.10 Å². The Bertz CT molecular complexity index is 665. The predicted octanol–water partition coefficient (Wildman–Crippen LogP) is 1.32. The molecule has 0 aliphatic carbocycles. The lowest BCUT2D eigenvalue weighted by Crippen LogP contribution is -2.43. The van der Waals surface area contributed by atoms with Crippen LogP contribution in [0.2, 0.25) is 0 Å². The largest absolute Gasteiger partial charge is 0.438 e. The van der Waals surface area contributed by atoms with Gasteiger partial charge in [0.05, 0.1) is 12.7 Å². The summed E-state index contributed by atoms with van der Waals surface area (Å²) in [4.78, 5) is 13.9. The van der Waals surface area contributed by atoms with Crippen molar-refractivity contribution in [3.8, 4) is 11.5 Å². The summed E-state index contributed by atoms with van der Waals surface area (Å²) in [6.07, 6.45) is 0.137. The molecule has 1 fully saturated rings. The molecule has 1 saturated heterocycles. The molecule has 0 saturated carbocycles.